The van der Waals surface area contributed by atoms with Crippen molar-refractivity contribution >= 4 is 16.5 Å². The highest BCUT2D eigenvalue weighted by molar-refractivity contribution is 5.86. The number of non-ortho nitro benzene ring substituents is 1. The lowest BCUT2D eigenvalue weighted by Gasteiger charge is -2.21. The second-order valence-corrected chi connectivity index (χ2v) is 7.51. The average Bonchev–Trinajstić information content (AvgIpc) is 3.16. The number of rotatable bonds is 5. The van der Waals surface area contributed by atoms with E-state index in [1.807, 2.05) is 12.1 Å². The third-order valence-corrected chi connectivity index (χ3v) is 5.78. The van der Waals surface area contributed by atoms with Gasteiger partial charge in [-0.1, -0.05) is 54.6 Å². The van der Waals surface area contributed by atoms with Gasteiger partial charge in [0.15, 0.2) is 0 Å². The van der Waals surface area contributed by atoms with Gasteiger partial charge in [-0.05, 0) is 54.0 Å². The summed E-state index contributed by atoms with van der Waals surface area (Å²) in [5, 5.41) is 17.2. The molecule has 1 aliphatic carbocycles. The molecular weight excluding hydrogens is 336 g/mol. The maximum Gasteiger partial charge on any atom is 0.269 e. The lowest BCUT2D eigenvalue weighted by Crippen LogP contribution is -2.29. The summed E-state index contributed by atoms with van der Waals surface area (Å²) in [7, 11) is 0. The molecule has 0 spiro atoms. The highest BCUT2D eigenvalue weighted by Crippen LogP contribution is 2.36. The van der Waals surface area contributed by atoms with Crippen molar-refractivity contribution in [3.8, 4) is 0 Å². The van der Waals surface area contributed by atoms with Gasteiger partial charge < -0.3 is 5.32 Å². The molecule has 3 atom stereocenters. The summed E-state index contributed by atoms with van der Waals surface area (Å²) in [6.45, 7) is 2.24. The number of benzene rings is 3. The van der Waals surface area contributed by atoms with Crippen LogP contribution in [-0.4, -0.2) is 11.0 Å². The third kappa shape index (κ3) is 3.71. The Morgan fingerprint density at radius 2 is 1.74 bits per heavy atom. The SMILES string of the molecule is C[C@@H](NC1CCC(c2ccc([N+](=O)[O-])cc2)C1)c1cccc2ccccc12. The van der Waals surface area contributed by atoms with E-state index in [0.717, 1.165) is 19.3 Å². The summed E-state index contributed by atoms with van der Waals surface area (Å²) >= 11 is 0. The van der Waals surface area contributed by atoms with Gasteiger partial charge in [-0.3, -0.25) is 10.1 Å². The van der Waals surface area contributed by atoms with Crippen LogP contribution in [0, 0.1) is 10.1 Å². The molecule has 0 radical (unpaired) electrons. The summed E-state index contributed by atoms with van der Waals surface area (Å²) < 4.78 is 0. The molecule has 4 rings (SSSR count). The van der Waals surface area contributed by atoms with Gasteiger partial charge in [-0.2, -0.15) is 0 Å². The first-order chi connectivity index (χ1) is 13.1. The lowest BCUT2D eigenvalue weighted by molar-refractivity contribution is -0.384. The molecule has 2 unspecified atom stereocenters. The van der Waals surface area contributed by atoms with E-state index in [1.54, 1.807) is 12.1 Å². The standard InChI is InChI=1S/C23H24N2O2/c1-16(22-8-4-6-18-5-2-3-7-23(18)22)24-20-12-9-19(15-20)17-10-13-21(14-11-17)25(26)27/h2-8,10-11,13-14,16,19-20,24H,9,12,15H2,1H3/t16-,19?,20?/m1/s1. The summed E-state index contributed by atoms with van der Waals surface area (Å²) in [5.41, 5.74) is 2.71. The van der Waals surface area contributed by atoms with Gasteiger partial charge >= 0.3 is 0 Å². The average molecular weight is 360 g/mol. The minimum atomic E-state index is -0.339. The largest absolute Gasteiger partial charge is 0.307 e. The minimum absolute atomic E-state index is 0.163. The van der Waals surface area contributed by atoms with Crippen LogP contribution in [0.5, 0.6) is 0 Å². The van der Waals surface area contributed by atoms with Crippen molar-refractivity contribution in [2.45, 2.75) is 44.2 Å². The molecule has 1 N–H and O–H groups in total. The first kappa shape index (κ1) is 17.7. The van der Waals surface area contributed by atoms with Crippen molar-refractivity contribution < 1.29 is 4.92 Å². The molecule has 0 aliphatic heterocycles. The Morgan fingerprint density at radius 3 is 2.52 bits per heavy atom. The van der Waals surface area contributed by atoms with Crippen LogP contribution in [0.1, 0.15) is 49.3 Å². The van der Waals surface area contributed by atoms with E-state index in [2.05, 4.69) is 54.7 Å². The molecule has 138 valence electrons. The summed E-state index contributed by atoms with van der Waals surface area (Å²) in [4.78, 5) is 10.5. The Hall–Kier alpha value is -2.72. The smallest absolute Gasteiger partial charge is 0.269 e. The van der Waals surface area contributed by atoms with E-state index in [4.69, 9.17) is 0 Å². The van der Waals surface area contributed by atoms with Crippen LogP contribution in [-0.2, 0) is 0 Å². The van der Waals surface area contributed by atoms with E-state index >= 15 is 0 Å². The fourth-order valence-corrected chi connectivity index (χ4v) is 4.38. The normalized spacial score (nSPS) is 20.6. The summed E-state index contributed by atoms with van der Waals surface area (Å²) in [6, 6.07) is 22.9. The van der Waals surface area contributed by atoms with Gasteiger partial charge in [-0.15, -0.1) is 0 Å². The fraction of sp³-hybridized carbons (Fsp3) is 0.304. The zero-order valence-corrected chi connectivity index (χ0v) is 15.5. The van der Waals surface area contributed by atoms with Gasteiger partial charge in [0.2, 0.25) is 0 Å². The molecular formula is C23H24N2O2. The van der Waals surface area contributed by atoms with Gasteiger partial charge in [0.1, 0.15) is 0 Å². The van der Waals surface area contributed by atoms with Crippen LogP contribution in [0.4, 0.5) is 5.69 Å². The molecule has 3 aromatic carbocycles. The monoisotopic (exact) mass is 360 g/mol. The number of hydrogen-bond donors (Lipinski definition) is 1. The van der Waals surface area contributed by atoms with Crippen LogP contribution < -0.4 is 5.32 Å². The van der Waals surface area contributed by atoms with E-state index in [-0.39, 0.29) is 16.7 Å². The Balaban J connectivity index is 1.44. The predicted octanol–water partition coefficient (Wildman–Crippen LogP) is 5.73. The van der Waals surface area contributed by atoms with Gasteiger partial charge in [-0.25, -0.2) is 0 Å². The highest BCUT2D eigenvalue weighted by atomic mass is 16.6. The molecule has 27 heavy (non-hydrogen) atoms. The number of hydrogen-bond acceptors (Lipinski definition) is 3. The van der Waals surface area contributed by atoms with Crippen molar-refractivity contribution in [1.29, 1.82) is 0 Å². The zero-order chi connectivity index (χ0) is 18.8. The molecule has 0 aromatic heterocycles. The number of nitro groups is 1. The van der Waals surface area contributed by atoms with Crippen LogP contribution >= 0.6 is 0 Å². The van der Waals surface area contributed by atoms with Gasteiger partial charge in [0, 0.05) is 24.2 Å². The zero-order valence-electron chi connectivity index (χ0n) is 15.5. The second kappa shape index (κ2) is 7.49. The van der Waals surface area contributed by atoms with E-state index in [0.29, 0.717) is 12.0 Å². The first-order valence-corrected chi connectivity index (χ1v) is 9.60. The van der Waals surface area contributed by atoms with E-state index in [9.17, 15) is 10.1 Å². The second-order valence-electron chi connectivity index (χ2n) is 7.51. The molecule has 1 aliphatic rings. The van der Waals surface area contributed by atoms with Gasteiger partial charge in [0.25, 0.3) is 5.69 Å². The maximum absolute atomic E-state index is 10.8. The molecule has 0 heterocycles. The molecule has 0 saturated heterocycles. The Kier molecular flexibility index (Phi) is 4.90. The molecule has 4 heteroatoms. The Morgan fingerprint density at radius 1 is 1.00 bits per heavy atom. The number of fused-ring (bicyclic) bond motifs is 1. The Bertz CT molecular complexity index is 947. The minimum Gasteiger partial charge on any atom is -0.307 e. The number of nitrogens with one attached hydrogen (secondary N) is 1. The van der Waals surface area contributed by atoms with E-state index in [1.165, 1.54) is 21.9 Å². The van der Waals surface area contributed by atoms with Crippen molar-refractivity contribution in [3.05, 3.63) is 88.0 Å². The van der Waals surface area contributed by atoms with Crippen LogP contribution in [0.25, 0.3) is 10.8 Å². The summed E-state index contributed by atoms with van der Waals surface area (Å²) in [5.74, 6) is 0.475. The van der Waals surface area contributed by atoms with Gasteiger partial charge in [0.05, 0.1) is 4.92 Å². The Labute approximate surface area is 159 Å². The third-order valence-electron chi connectivity index (χ3n) is 5.78. The quantitative estimate of drug-likeness (QED) is 0.466. The lowest BCUT2D eigenvalue weighted by atomic mass is 9.96. The number of nitrogens with zero attached hydrogens (tertiary/aromatic N) is 1. The van der Waals surface area contributed by atoms with Crippen LogP contribution in [0.15, 0.2) is 66.7 Å². The molecule has 3 aromatic rings. The summed E-state index contributed by atoms with van der Waals surface area (Å²) in [6.07, 6.45) is 3.33. The fourth-order valence-electron chi connectivity index (χ4n) is 4.38. The molecule has 0 amide bonds. The predicted molar refractivity (Wildman–Crippen MR) is 109 cm³/mol. The molecule has 1 fully saturated rings. The van der Waals surface area contributed by atoms with Crippen LogP contribution in [0.2, 0.25) is 0 Å². The van der Waals surface area contributed by atoms with Crippen LogP contribution in [0.3, 0.4) is 0 Å². The molecule has 0 bridgehead atoms. The number of nitro benzene ring substituents is 1. The maximum atomic E-state index is 10.8. The molecule has 4 nitrogen and oxygen atoms in total. The van der Waals surface area contributed by atoms with Crippen molar-refractivity contribution in [1.82, 2.24) is 5.32 Å². The van der Waals surface area contributed by atoms with Crippen molar-refractivity contribution in [2.24, 2.45) is 0 Å². The van der Waals surface area contributed by atoms with Crippen molar-refractivity contribution in [2.75, 3.05) is 0 Å². The van der Waals surface area contributed by atoms with E-state index < -0.39 is 0 Å². The first-order valence-electron chi connectivity index (χ1n) is 9.60. The topological polar surface area (TPSA) is 55.2 Å². The molecule has 1 saturated carbocycles. The highest BCUT2D eigenvalue weighted by Gasteiger charge is 2.27. The van der Waals surface area contributed by atoms with Crippen molar-refractivity contribution in [3.63, 3.8) is 0 Å².